The van der Waals surface area contributed by atoms with Crippen molar-refractivity contribution in [2.24, 2.45) is 5.73 Å². The van der Waals surface area contributed by atoms with Crippen LogP contribution in [0.25, 0.3) is 0 Å². The van der Waals surface area contributed by atoms with E-state index in [9.17, 15) is 13.2 Å². The molecule has 0 aliphatic rings. The fraction of sp³-hybridized carbons (Fsp3) is 0.417. The Morgan fingerprint density at radius 3 is 2.16 bits per heavy atom. The zero-order valence-electron chi connectivity index (χ0n) is 11.1. The average molecular weight is 287 g/mol. The third-order valence-electron chi connectivity index (χ3n) is 2.56. The predicted octanol–water partition coefficient (Wildman–Crippen LogP) is 0.639. The van der Waals surface area contributed by atoms with Crippen molar-refractivity contribution in [2.45, 2.75) is 11.3 Å². The maximum absolute atomic E-state index is 11.9. The van der Waals surface area contributed by atoms with E-state index in [0.717, 1.165) is 6.26 Å². The maximum Gasteiger partial charge on any atom is 0.176 e. The molecule has 0 amide bonds. The largest absolute Gasteiger partial charge is 0.493 e. The molecule has 0 aliphatic carbocycles. The minimum Gasteiger partial charge on any atom is -0.493 e. The van der Waals surface area contributed by atoms with Gasteiger partial charge < -0.3 is 15.2 Å². The van der Waals surface area contributed by atoms with Crippen molar-refractivity contribution in [1.82, 2.24) is 0 Å². The zero-order chi connectivity index (χ0) is 14.6. The lowest BCUT2D eigenvalue weighted by Gasteiger charge is -2.13. The van der Waals surface area contributed by atoms with Crippen molar-refractivity contribution in [3.63, 3.8) is 0 Å². The zero-order valence-corrected chi connectivity index (χ0v) is 11.9. The summed E-state index contributed by atoms with van der Waals surface area (Å²) in [5.41, 5.74) is 5.40. The summed E-state index contributed by atoms with van der Waals surface area (Å²) in [5.74, 6) is 0.214. The van der Waals surface area contributed by atoms with Crippen molar-refractivity contribution in [1.29, 1.82) is 0 Å². The fourth-order valence-corrected chi connectivity index (χ4v) is 2.54. The van der Waals surface area contributed by atoms with Crippen LogP contribution in [0.4, 0.5) is 0 Å². The number of hydrogen-bond donors (Lipinski definition) is 1. The van der Waals surface area contributed by atoms with Crippen LogP contribution in [-0.4, -0.2) is 41.2 Å². The van der Waals surface area contributed by atoms with Gasteiger partial charge >= 0.3 is 0 Å². The lowest BCUT2D eigenvalue weighted by atomic mass is 10.1. The van der Waals surface area contributed by atoms with Gasteiger partial charge in [0.25, 0.3) is 0 Å². The molecule has 0 unspecified atom stereocenters. The number of hydrogen-bond acceptors (Lipinski definition) is 6. The molecule has 6 nitrogen and oxygen atoms in total. The lowest BCUT2D eigenvalue weighted by Crippen LogP contribution is -2.13. The summed E-state index contributed by atoms with van der Waals surface area (Å²) in [6, 6.07) is 2.66. The molecular formula is C12H17NO5S. The number of ether oxygens (including phenoxy) is 2. The number of Topliss-reactive ketones (excluding diaryl/α,β-unsaturated/α-hetero) is 1. The summed E-state index contributed by atoms with van der Waals surface area (Å²) in [5, 5.41) is 0. The monoisotopic (exact) mass is 287 g/mol. The van der Waals surface area contributed by atoms with Gasteiger partial charge in [0.1, 0.15) is 0 Å². The van der Waals surface area contributed by atoms with Gasteiger partial charge in [0, 0.05) is 24.3 Å². The number of methoxy groups -OCH3 is 2. The minimum absolute atomic E-state index is 0.0675. The van der Waals surface area contributed by atoms with Gasteiger partial charge in [-0.25, -0.2) is 8.42 Å². The highest BCUT2D eigenvalue weighted by Crippen LogP contribution is 2.33. The molecule has 19 heavy (non-hydrogen) atoms. The summed E-state index contributed by atoms with van der Waals surface area (Å²) in [7, 11) is -0.746. The van der Waals surface area contributed by atoms with Crippen LogP contribution in [0.15, 0.2) is 17.0 Å². The van der Waals surface area contributed by atoms with Gasteiger partial charge in [0.05, 0.1) is 19.1 Å². The first kappa shape index (κ1) is 15.5. The molecule has 1 aromatic rings. The van der Waals surface area contributed by atoms with Crippen LogP contribution in [0.3, 0.4) is 0 Å². The SMILES string of the molecule is COc1cc(C(=O)CCN)c(S(C)(=O)=O)cc1OC. The molecule has 106 valence electrons. The van der Waals surface area contributed by atoms with E-state index in [1.807, 2.05) is 0 Å². The molecule has 1 aromatic carbocycles. The predicted molar refractivity (Wildman–Crippen MR) is 70.7 cm³/mol. The number of benzene rings is 1. The Kier molecular flexibility index (Phi) is 4.90. The van der Waals surface area contributed by atoms with E-state index in [-0.39, 0.29) is 35.0 Å². The van der Waals surface area contributed by atoms with Gasteiger partial charge in [-0.3, -0.25) is 4.79 Å². The molecule has 0 atom stereocenters. The van der Waals surface area contributed by atoms with Crippen molar-refractivity contribution < 1.29 is 22.7 Å². The van der Waals surface area contributed by atoms with Gasteiger partial charge in [0.2, 0.25) is 0 Å². The smallest absolute Gasteiger partial charge is 0.176 e. The van der Waals surface area contributed by atoms with Crippen LogP contribution in [0, 0.1) is 0 Å². The molecule has 0 saturated heterocycles. The fourth-order valence-electron chi connectivity index (χ4n) is 1.65. The summed E-state index contributed by atoms with van der Waals surface area (Å²) < 4.78 is 33.6. The van der Waals surface area contributed by atoms with Gasteiger partial charge in [-0.15, -0.1) is 0 Å². The number of carbonyl (C=O) groups excluding carboxylic acids is 1. The second-order valence-corrected chi connectivity index (χ2v) is 5.92. The Labute approximate surface area is 112 Å². The van der Waals surface area contributed by atoms with E-state index in [0.29, 0.717) is 5.75 Å². The Morgan fingerprint density at radius 2 is 1.74 bits per heavy atom. The third kappa shape index (κ3) is 3.45. The summed E-state index contributed by atoms with van der Waals surface area (Å²) in [6.07, 6.45) is 1.10. The van der Waals surface area contributed by atoms with E-state index in [2.05, 4.69) is 0 Å². The number of carbonyl (C=O) groups is 1. The van der Waals surface area contributed by atoms with Gasteiger partial charge in [0.15, 0.2) is 27.1 Å². The molecule has 0 aromatic heterocycles. The number of ketones is 1. The summed E-state index contributed by atoms with van der Waals surface area (Å²) in [6.45, 7) is 0.149. The van der Waals surface area contributed by atoms with E-state index in [1.54, 1.807) is 0 Å². The van der Waals surface area contributed by atoms with Crippen LogP contribution in [0.2, 0.25) is 0 Å². The quantitative estimate of drug-likeness (QED) is 0.771. The molecule has 0 saturated carbocycles. The van der Waals surface area contributed by atoms with E-state index in [4.69, 9.17) is 15.2 Å². The third-order valence-corrected chi connectivity index (χ3v) is 3.69. The van der Waals surface area contributed by atoms with Crippen LogP contribution in [0.1, 0.15) is 16.8 Å². The molecular weight excluding hydrogens is 270 g/mol. The van der Waals surface area contributed by atoms with Gasteiger partial charge in [-0.1, -0.05) is 0 Å². The standard InChI is InChI=1S/C12H17NO5S/c1-17-10-6-8(9(14)4-5-13)12(19(3,15)16)7-11(10)18-2/h6-7H,4-5,13H2,1-3H3. The average Bonchev–Trinajstić information content (AvgIpc) is 2.36. The first-order valence-corrected chi connectivity index (χ1v) is 7.43. The van der Waals surface area contributed by atoms with Crippen molar-refractivity contribution in [3.8, 4) is 11.5 Å². The molecule has 0 spiro atoms. The molecule has 0 bridgehead atoms. The van der Waals surface area contributed by atoms with Crippen LogP contribution in [0.5, 0.6) is 11.5 Å². The second-order valence-electron chi connectivity index (χ2n) is 3.94. The highest BCUT2D eigenvalue weighted by atomic mass is 32.2. The first-order valence-electron chi connectivity index (χ1n) is 5.54. The molecule has 1 rings (SSSR count). The second kappa shape index (κ2) is 6.03. The van der Waals surface area contributed by atoms with Crippen LogP contribution >= 0.6 is 0 Å². The van der Waals surface area contributed by atoms with E-state index >= 15 is 0 Å². The minimum atomic E-state index is -3.55. The van der Waals surface area contributed by atoms with Gasteiger partial charge in [-0.2, -0.15) is 0 Å². The van der Waals surface area contributed by atoms with Crippen molar-refractivity contribution in [2.75, 3.05) is 27.0 Å². The van der Waals surface area contributed by atoms with Crippen LogP contribution < -0.4 is 15.2 Å². The Bertz CT molecular complexity index is 580. The first-order chi connectivity index (χ1) is 8.85. The lowest BCUT2D eigenvalue weighted by molar-refractivity contribution is 0.0982. The highest BCUT2D eigenvalue weighted by molar-refractivity contribution is 7.90. The van der Waals surface area contributed by atoms with E-state index < -0.39 is 9.84 Å². The molecule has 0 aliphatic heterocycles. The Balaban J connectivity index is 3.54. The van der Waals surface area contributed by atoms with Crippen LogP contribution in [-0.2, 0) is 9.84 Å². The van der Waals surface area contributed by atoms with Gasteiger partial charge in [-0.05, 0) is 12.6 Å². The molecule has 2 N–H and O–H groups in total. The topological polar surface area (TPSA) is 95.7 Å². The number of nitrogens with two attached hydrogens (primary N) is 1. The Morgan fingerprint density at radius 1 is 1.21 bits per heavy atom. The number of rotatable bonds is 6. The Hall–Kier alpha value is -1.60. The number of sulfone groups is 1. The summed E-state index contributed by atoms with van der Waals surface area (Å²) >= 11 is 0. The van der Waals surface area contributed by atoms with Crippen molar-refractivity contribution >= 4 is 15.6 Å². The van der Waals surface area contributed by atoms with E-state index in [1.165, 1.54) is 26.4 Å². The molecule has 0 fully saturated rings. The maximum atomic E-state index is 11.9. The molecule has 0 radical (unpaired) electrons. The summed E-state index contributed by atoms with van der Waals surface area (Å²) in [4.78, 5) is 11.9. The highest BCUT2D eigenvalue weighted by Gasteiger charge is 2.22. The molecule has 7 heteroatoms. The van der Waals surface area contributed by atoms with Crippen molar-refractivity contribution in [3.05, 3.63) is 17.7 Å². The normalized spacial score (nSPS) is 11.2. The molecule has 0 heterocycles.